The van der Waals surface area contributed by atoms with Gasteiger partial charge in [0, 0.05) is 31.4 Å². The maximum Gasteiger partial charge on any atom is 0.257 e. The maximum absolute atomic E-state index is 13.2. The van der Waals surface area contributed by atoms with Crippen molar-refractivity contribution in [2.45, 2.75) is 77.9 Å². The first-order valence-electron chi connectivity index (χ1n) is 11.0. The van der Waals surface area contributed by atoms with Crippen LogP contribution in [0, 0.1) is 0 Å². The lowest BCUT2D eigenvalue weighted by Crippen LogP contribution is -2.37. The van der Waals surface area contributed by atoms with Crippen molar-refractivity contribution >= 4 is 5.91 Å². The summed E-state index contributed by atoms with van der Waals surface area (Å²) in [6, 6.07) is 5.44. The summed E-state index contributed by atoms with van der Waals surface area (Å²) in [4.78, 5) is 15.2. The van der Waals surface area contributed by atoms with Gasteiger partial charge in [-0.2, -0.15) is 5.10 Å². The van der Waals surface area contributed by atoms with Gasteiger partial charge in [0.2, 0.25) is 0 Å². The molecule has 3 heterocycles. The highest BCUT2D eigenvalue weighted by Gasteiger charge is 2.30. The van der Waals surface area contributed by atoms with Crippen LogP contribution in [0.1, 0.15) is 92.2 Å². The molecule has 0 unspecified atom stereocenters. The Morgan fingerprint density at radius 3 is 2.69 bits per heavy atom. The van der Waals surface area contributed by atoms with Gasteiger partial charge in [0.15, 0.2) is 0 Å². The zero-order valence-electron chi connectivity index (χ0n) is 18.5. The molecule has 0 spiro atoms. The maximum atomic E-state index is 13.2. The highest BCUT2D eigenvalue weighted by Crippen LogP contribution is 2.36. The number of hydrogen-bond acceptors (Lipinski definition) is 3. The molecule has 0 bridgehead atoms. The first-order chi connectivity index (χ1) is 13.7. The van der Waals surface area contributed by atoms with Crippen LogP contribution in [-0.2, 0) is 18.4 Å². The van der Waals surface area contributed by atoms with Gasteiger partial charge in [0.25, 0.3) is 5.91 Å². The molecular formula is C24H34N4O. The number of carbonyl (C=O) groups is 1. The Morgan fingerprint density at radius 2 is 2.07 bits per heavy atom. The van der Waals surface area contributed by atoms with Crippen LogP contribution in [0.4, 0.5) is 0 Å². The van der Waals surface area contributed by atoms with Crippen LogP contribution in [0.5, 0.6) is 0 Å². The molecular weight excluding hydrogens is 360 g/mol. The third kappa shape index (κ3) is 3.97. The Hall–Kier alpha value is -2.14. The van der Waals surface area contributed by atoms with Crippen LogP contribution >= 0.6 is 0 Å². The fourth-order valence-electron chi connectivity index (χ4n) is 4.48. The molecule has 5 heteroatoms. The van der Waals surface area contributed by atoms with Crippen molar-refractivity contribution in [3.63, 3.8) is 0 Å². The molecule has 1 aromatic carbocycles. The molecule has 4 rings (SSSR count). The lowest BCUT2D eigenvalue weighted by Gasteiger charge is -2.33. The van der Waals surface area contributed by atoms with E-state index in [1.165, 1.54) is 35.1 Å². The minimum absolute atomic E-state index is 0.0905. The predicted octanol–water partition coefficient (Wildman–Crippen LogP) is 4.38. The van der Waals surface area contributed by atoms with E-state index in [1.807, 2.05) is 15.8 Å². The molecule has 1 N–H and O–H groups in total. The van der Waals surface area contributed by atoms with Gasteiger partial charge in [-0.3, -0.25) is 9.48 Å². The second kappa shape index (κ2) is 7.60. The fraction of sp³-hybridized carbons (Fsp3) is 0.583. The monoisotopic (exact) mass is 394 g/mol. The largest absolute Gasteiger partial charge is 0.334 e. The smallest absolute Gasteiger partial charge is 0.257 e. The minimum atomic E-state index is 0.0905. The van der Waals surface area contributed by atoms with Crippen LogP contribution < -0.4 is 5.32 Å². The molecule has 5 nitrogen and oxygen atoms in total. The Morgan fingerprint density at radius 1 is 1.28 bits per heavy atom. The van der Waals surface area contributed by atoms with Gasteiger partial charge >= 0.3 is 0 Å². The quantitative estimate of drug-likeness (QED) is 0.840. The topological polar surface area (TPSA) is 50.2 Å². The number of rotatable bonds is 3. The summed E-state index contributed by atoms with van der Waals surface area (Å²) in [7, 11) is 0. The van der Waals surface area contributed by atoms with Crippen LogP contribution in [0.25, 0.3) is 0 Å². The summed E-state index contributed by atoms with van der Waals surface area (Å²) < 4.78 is 1.86. The number of nitrogens with one attached hydrogen (secondary N) is 1. The Labute approximate surface area is 174 Å². The predicted molar refractivity (Wildman–Crippen MR) is 116 cm³/mol. The molecule has 1 atom stereocenters. The normalized spacial score (nSPS) is 19.7. The first kappa shape index (κ1) is 20.1. The van der Waals surface area contributed by atoms with E-state index >= 15 is 0 Å². The summed E-state index contributed by atoms with van der Waals surface area (Å²) in [5.74, 6) is 0.0905. The third-order valence-corrected chi connectivity index (χ3v) is 6.34. The SMILES string of the molecule is CC(C)n1cc(C(=O)N2CCc3cc(C(C)(C)C)cc([C@@H]4CCCN4)c3C2)cn1. The lowest BCUT2D eigenvalue weighted by atomic mass is 9.80. The number of hydrogen-bond donors (Lipinski definition) is 1. The standard InChI is InChI=1S/C24H34N4O/c1-16(2)28-14-18(13-26-28)23(29)27-10-8-17-11-19(24(3,4)5)12-20(21(17)15-27)22-7-6-9-25-22/h11-14,16,22,25H,6-10,15H2,1-5H3/t22-/m0/s1. The number of amides is 1. The van der Waals surface area contributed by atoms with Gasteiger partial charge in [-0.05, 0) is 67.3 Å². The molecule has 1 aromatic heterocycles. The van der Waals surface area contributed by atoms with Gasteiger partial charge in [0.05, 0.1) is 11.8 Å². The summed E-state index contributed by atoms with van der Waals surface area (Å²) >= 11 is 0. The van der Waals surface area contributed by atoms with Crippen molar-refractivity contribution in [2.24, 2.45) is 0 Å². The van der Waals surface area contributed by atoms with E-state index in [0.29, 0.717) is 18.2 Å². The molecule has 156 valence electrons. The number of benzene rings is 1. The molecule has 0 saturated carbocycles. The van der Waals surface area contributed by atoms with Gasteiger partial charge in [-0.1, -0.05) is 32.9 Å². The highest BCUT2D eigenvalue weighted by atomic mass is 16.2. The van der Waals surface area contributed by atoms with E-state index in [2.05, 4.69) is 57.2 Å². The summed E-state index contributed by atoms with van der Waals surface area (Å²) in [6.07, 6.45) is 6.90. The number of carbonyl (C=O) groups excluding carboxylic acids is 1. The molecule has 2 aliphatic rings. The third-order valence-electron chi connectivity index (χ3n) is 6.34. The van der Waals surface area contributed by atoms with E-state index in [1.54, 1.807) is 6.20 Å². The van der Waals surface area contributed by atoms with E-state index in [9.17, 15) is 4.79 Å². The zero-order chi connectivity index (χ0) is 20.8. The molecule has 2 aliphatic heterocycles. The molecule has 1 fully saturated rings. The van der Waals surface area contributed by atoms with Crippen LogP contribution in [0.2, 0.25) is 0 Å². The zero-order valence-corrected chi connectivity index (χ0v) is 18.5. The Bertz CT molecular complexity index is 900. The average molecular weight is 395 g/mol. The van der Waals surface area contributed by atoms with E-state index in [0.717, 1.165) is 19.5 Å². The second-order valence-corrected chi connectivity index (χ2v) is 9.88. The van der Waals surface area contributed by atoms with Gasteiger partial charge < -0.3 is 10.2 Å². The number of fused-ring (bicyclic) bond motifs is 1. The Kier molecular flexibility index (Phi) is 5.28. The van der Waals surface area contributed by atoms with Crippen molar-refractivity contribution in [1.29, 1.82) is 0 Å². The minimum Gasteiger partial charge on any atom is -0.334 e. The van der Waals surface area contributed by atoms with Crippen molar-refractivity contribution in [3.8, 4) is 0 Å². The molecule has 2 aromatic rings. The molecule has 0 radical (unpaired) electrons. The van der Waals surface area contributed by atoms with Gasteiger partial charge in [0.1, 0.15) is 0 Å². The van der Waals surface area contributed by atoms with Crippen LogP contribution in [-0.4, -0.2) is 33.7 Å². The summed E-state index contributed by atoms with van der Waals surface area (Å²) in [6.45, 7) is 13.5. The van der Waals surface area contributed by atoms with Crippen molar-refractivity contribution in [3.05, 3.63) is 52.3 Å². The highest BCUT2D eigenvalue weighted by molar-refractivity contribution is 5.93. The van der Waals surface area contributed by atoms with Crippen molar-refractivity contribution in [2.75, 3.05) is 13.1 Å². The van der Waals surface area contributed by atoms with Crippen LogP contribution in [0.3, 0.4) is 0 Å². The molecule has 29 heavy (non-hydrogen) atoms. The molecule has 0 aliphatic carbocycles. The van der Waals surface area contributed by atoms with Crippen molar-refractivity contribution in [1.82, 2.24) is 20.0 Å². The van der Waals surface area contributed by atoms with Gasteiger partial charge in [-0.15, -0.1) is 0 Å². The number of aromatic nitrogens is 2. The summed E-state index contributed by atoms with van der Waals surface area (Å²) in [5, 5.41) is 8.03. The second-order valence-electron chi connectivity index (χ2n) is 9.88. The lowest BCUT2D eigenvalue weighted by molar-refractivity contribution is 0.0733. The van der Waals surface area contributed by atoms with Crippen LogP contribution in [0.15, 0.2) is 24.5 Å². The van der Waals surface area contributed by atoms with Crippen molar-refractivity contribution < 1.29 is 4.79 Å². The van der Waals surface area contributed by atoms with E-state index < -0.39 is 0 Å². The van der Waals surface area contributed by atoms with Gasteiger partial charge in [-0.25, -0.2) is 0 Å². The molecule has 1 amide bonds. The fourth-order valence-corrected chi connectivity index (χ4v) is 4.48. The Balaban J connectivity index is 1.66. The average Bonchev–Trinajstić information content (AvgIpc) is 3.37. The first-order valence-corrected chi connectivity index (χ1v) is 11.0. The van der Waals surface area contributed by atoms with E-state index in [-0.39, 0.29) is 17.4 Å². The summed E-state index contributed by atoms with van der Waals surface area (Å²) in [5.41, 5.74) is 6.39. The number of nitrogens with zero attached hydrogens (tertiary/aromatic N) is 3. The molecule has 1 saturated heterocycles. The van der Waals surface area contributed by atoms with E-state index in [4.69, 9.17) is 0 Å².